The fourth-order valence-corrected chi connectivity index (χ4v) is 3.19. The maximum Gasteiger partial charge on any atom is 0.336 e. The zero-order valence-electron chi connectivity index (χ0n) is 14.0. The van der Waals surface area contributed by atoms with Gasteiger partial charge in [-0.25, -0.2) is 4.79 Å². The molecule has 0 spiro atoms. The topological polar surface area (TPSA) is 66.0 Å². The highest BCUT2D eigenvalue weighted by Gasteiger charge is 2.09. The van der Waals surface area contributed by atoms with Gasteiger partial charge in [0.25, 0.3) is 0 Å². The molecular formula is C22H16N2O2. The Balaban J connectivity index is 1.72. The molecule has 4 heteroatoms. The third-order valence-corrected chi connectivity index (χ3v) is 4.43. The van der Waals surface area contributed by atoms with E-state index in [-0.39, 0.29) is 5.63 Å². The van der Waals surface area contributed by atoms with Gasteiger partial charge in [-0.05, 0) is 40.1 Å². The Labute approximate surface area is 150 Å². The number of rotatable bonds is 4. The molecular weight excluding hydrogens is 324 g/mol. The van der Waals surface area contributed by atoms with E-state index in [2.05, 4.69) is 11.4 Å². The first-order valence-electron chi connectivity index (χ1n) is 8.39. The number of fused-ring (bicyclic) bond motifs is 3. The van der Waals surface area contributed by atoms with Crippen molar-refractivity contribution in [3.63, 3.8) is 0 Å². The SMILES string of the molecule is N#CCc1ccc(NCc2cc(=O)oc3ccc4ccccc4c23)cc1. The summed E-state index contributed by atoms with van der Waals surface area (Å²) in [6, 6.07) is 23.3. The first kappa shape index (κ1) is 15.9. The summed E-state index contributed by atoms with van der Waals surface area (Å²) in [5.41, 5.74) is 3.06. The molecule has 0 saturated carbocycles. The third kappa shape index (κ3) is 3.03. The Bertz CT molecular complexity index is 1180. The Morgan fingerprint density at radius 3 is 2.62 bits per heavy atom. The van der Waals surface area contributed by atoms with E-state index in [1.807, 2.05) is 60.7 Å². The lowest BCUT2D eigenvalue weighted by atomic mass is 10.0. The fourth-order valence-electron chi connectivity index (χ4n) is 3.19. The van der Waals surface area contributed by atoms with Crippen LogP contribution in [0.5, 0.6) is 0 Å². The van der Waals surface area contributed by atoms with Crippen molar-refractivity contribution < 1.29 is 4.42 Å². The van der Waals surface area contributed by atoms with Crippen LogP contribution in [-0.2, 0) is 13.0 Å². The summed E-state index contributed by atoms with van der Waals surface area (Å²) in [4.78, 5) is 11.9. The van der Waals surface area contributed by atoms with Crippen LogP contribution >= 0.6 is 0 Å². The van der Waals surface area contributed by atoms with Crippen molar-refractivity contribution >= 4 is 27.4 Å². The van der Waals surface area contributed by atoms with Gasteiger partial charge in [-0.15, -0.1) is 0 Å². The maximum atomic E-state index is 11.9. The first-order valence-corrected chi connectivity index (χ1v) is 8.39. The van der Waals surface area contributed by atoms with E-state index < -0.39 is 0 Å². The van der Waals surface area contributed by atoms with E-state index in [9.17, 15) is 4.79 Å². The van der Waals surface area contributed by atoms with Crippen LogP contribution in [0.15, 0.2) is 75.9 Å². The van der Waals surface area contributed by atoms with Crippen LogP contribution in [0.1, 0.15) is 11.1 Å². The number of hydrogen-bond acceptors (Lipinski definition) is 4. The van der Waals surface area contributed by atoms with E-state index >= 15 is 0 Å². The number of nitrogens with zero attached hydrogens (tertiary/aromatic N) is 1. The molecule has 0 fully saturated rings. The van der Waals surface area contributed by atoms with Crippen molar-refractivity contribution in [3.05, 3.63) is 88.3 Å². The zero-order valence-corrected chi connectivity index (χ0v) is 14.0. The molecule has 0 amide bonds. The molecule has 0 aliphatic carbocycles. The molecule has 0 unspecified atom stereocenters. The summed E-state index contributed by atoms with van der Waals surface area (Å²) < 4.78 is 5.39. The predicted molar refractivity (Wildman–Crippen MR) is 103 cm³/mol. The zero-order chi connectivity index (χ0) is 17.9. The van der Waals surface area contributed by atoms with Crippen LogP contribution in [-0.4, -0.2) is 0 Å². The van der Waals surface area contributed by atoms with Gasteiger partial charge in [-0.3, -0.25) is 0 Å². The van der Waals surface area contributed by atoms with Crippen molar-refractivity contribution in [1.82, 2.24) is 0 Å². The number of nitriles is 1. The average Bonchev–Trinajstić information content (AvgIpc) is 2.67. The van der Waals surface area contributed by atoms with E-state index in [0.29, 0.717) is 18.5 Å². The van der Waals surface area contributed by atoms with Crippen molar-refractivity contribution in [3.8, 4) is 6.07 Å². The number of nitrogens with one attached hydrogen (secondary N) is 1. The van der Waals surface area contributed by atoms with Crippen LogP contribution in [0.3, 0.4) is 0 Å². The van der Waals surface area contributed by atoms with E-state index in [4.69, 9.17) is 9.68 Å². The summed E-state index contributed by atoms with van der Waals surface area (Å²) in [6.07, 6.45) is 0.399. The number of benzene rings is 3. The number of hydrogen-bond donors (Lipinski definition) is 1. The molecule has 0 atom stereocenters. The lowest BCUT2D eigenvalue weighted by molar-refractivity contribution is 0.559. The van der Waals surface area contributed by atoms with Crippen LogP contribution in [0.25, 0.3) is 21.7 Å². The second-order valence-corrected chi connectivity index (χ2v) is 6.14. The highest BCUT2D eigenvalue weighted by molar-refractivity contribution is 6.07. The van der Waals surface area contributed by atoms with Gasteiger partial charge in [0.1, 0.15) is 5.58 Å². The molecule has 1 aromatic heterocycles. The van der Waals surface area contributed by atoms with Gasteiger partial charge in [0.05, 0.1) is 12.5 Å². The Morgan fingerprint density at radius 1 is 1.00 bits per heavy atom. The highest BCUT2D eigenvalue weighted by Crippen LogP contribution is 2.27. The third-order valence-electron chi connectivity index (χ3n) is 4.43. The molecule has 0 saturated heterocycles. The van der Waals surface area contributed by atoms with Crippen molar-refractivity contribution in [2.75, 3.05) is 5.32 Å². The molecule has 126 valence electrons. The van der Waals surface area contributed by atoms with Crippen LogP contribution in [0, 0.1) is 11.3 Å². The molecule has 4 aromatic rings. The average molecular weight is 340 g/mol. The van der Waals surface area contributed by atoms with E-state index in [1.165, 1.54) is 0 Å². The fraction of sp³-hybridized carbons (Fsp3) is 0.0909. The Kier molecular flexibility index (Phi) is 4.12. The summed E-state index contributed by atoms with van der Waals surface area (Å²) >= 11 is 0. The van der Waals surface area contributed by atoms with Gasteiger partial charge in [0.2, 0.25) is 0 Å². The lowest BCUT2D eigenvalue weighted by Crippen LogP contribution is -2.06. The normalized spacial score (nSPS) is 10.7. The van der Waals surface area contributed by atoms with Gasteiger partial charge in [0.15, 0.2) is 0 Å². The van der Waals surface area contributed by atoms with Crippen molar-refractivity contribution in [2.45, 2.75) is 13.0 Å². The lowest BCUT2D eigenvalue weighted by Gasteiger charge is -2.11. The molecule has 3 aromatic carbocycles. The largest absolute Gasteiger partial charge is 0.423 e. The molecule has 1 heterocycles. The molecule has 4 nitrogen and oxygen atoms in total. The minimum absolute atomic E-state index is 0.353. The molecule has 0 bridgehead atoms. The molecule has 26 heavy (non-hydrogen) atoms. The highest BCUT2D eigenvalue weighted by atomic mass is 16.4. The van der Waals surface area contributed by atoms with Crippen molar-refractivity contribution in [1.29, 1.82) is 5.26 Å². The second kappa shape index (κ2) is 6.73. The summed E-state index contributed by atoms with van der Waals surface area (Å²) in [5.74, 6) is 0. The molecule has 4 rings (SSSR count). The summed E-state index contributed by atoms with van der Waals surface area (Å²) in [6.45, 7) is 0.508. The maximum absolute atomic E-state index is 11.9. The van der Waals surface area contributed by atoms with E-state index in [0.717, 1.165) is 33.0 Å². The quantitative estimate of drug-likeness (QED) is 0.435. The summed E-state index contributed by atoms with van der Waals surface area (Å²) in [5, 5.41) is 15.2. The van der Waals surface area contributed by atoms with Gasteiger partial charge in [0, 0.05) is 23.7 Å². The standard InChI is InChI=1S/C22H16N2O2/c23-12-11-15-5-8-18(9-6-15)24-14-17-13-21(25)26-20-10-7-16-3-1-2-4-19(16)22(17)20/h1-10,13,24H,11,14H2. The van der Waals surface area contributed by atoms with Gasteiger partial charge < -0.3 is 9.73 Å². The summed E-state index contributed by atoms with van der Waals surface area (Å²) in [7, 11) is 0. The van der Waals surface area contributed by atoms with Crippen LogP contribution < -0.4 is 10.9 Å². The van der Waals surface area contributed by atoms with Gasteiger partial charge in [-0.2, -0.15) is 5.26 Å². The minimum Gasteiger partial charge on any atom is -0.423 e. The Hall–Kier alpha value is -3.58. The molecule has 0 radical (unpaired) electrons. The molecule has 0 aliphatic heterocycles. The Morgan fingerprint density at radius 2 is 1.81 bits per heavy atom. The number of anilines is 1. The monoisotopic (exact) mass is 340 g/mol. The first-order chi connectivity index (χ1) is 12.7. The second-order valence-electron chi connectivity index (χ2n) is 6.14. The van der Waals surface area contributed by atoms with E-state index in [1.54, 1.807) is 6.07 Å². The molecule has 1 N–H and O–H groups in total. The molecule has 0 aliphatic rings. The predicted octanol–water partition coefficient (Wildman–Crippen LogP) is 4.62. The van der Waals surface area contributed by atoms with Crippen LogP contribution in [0.4, 0.5) is 5.69 Å². The van der Waals surface area contributed by atoms with Crippen LogP contribution in [0.2, 0.25) is 0 Å². The minimum atomic E-state index is -0.353. The van der Waals surface area contributed by atoms with Gasteiger partial charge >= 0.3 is 5.63 Å². The van der Waals surface area contributed by atoms with Gasteiger partial charge in [-0.1, -0.05) is 42.5 Å². The smallest absolute Gasteiger partial charge is 0.336 e. The van der Waals surface area contributed by atoms with Crippen molar-refractivity contribution in [2.24, 2.45) is 0 Å².